The van der Waals surface area contributed by atoms with Gasteiger partial charge in [0.2, 0.25) is 0 Å². The molecule has 2 nitrogen and oxygen atoms in total. The fourth-order valence-electron chi connectivity index (χ4n) is 2.25. The number of hydrogen-bond acceptors (Lipinski definition) is 2. The number of benzene rings is 2. The monoisotopic (exact) mass is 282 g/mol. The first-order chi connectivity index (χ1) is 9.94. The maximum absolute atomic E-state index is 3.54. The lowest BCUT2D eigenvalue weighted by Crippen LogP contribution is -2.35. The quantitative estimate of drug-likeness (QED) is 0.883. The molecule has 112 valence electrons. The molecule has 0 aliphatic rings. The molecule has 0 saturated heterocycles. The van der Waals surface area contributed by atoms with Crippen molar-refractivity contribution in [2.24, 2.45) is 0 Å². The zero-order chi connectivity index (χ0) is 15.3. The third-order valence-electron chi connectivity index (χ3n) is 3.43. The first-order valence-electron chi connectivity index (χ1n) is 7.53. The van der Waals surface area contributed by atoms with E-state index in [4.69, 9.17) is 0 Å². The standard InChI is InChI=1S/C19H26N2/c1-19(2,3)20-14-16-9-8-10-17(13-16)15-21(4)18-11-6-5-7-12-18/h5-13,20H,14-15H2,1-4H3. The molecule has 0 atom stereocenters. The summed E-state index contributed by atoms with van der Waals surface area (Å²) in [6.45, 7) is 8.42. The molecule has 2 rings (SSSR count). The van der Waals surface area contributed by atoms with E-state index in [1.807, 2.05) is 0 Å². The highest BCUT2D eigenvalue weighted by Gasteiger charge is 2.08. The van der Waals surface area contributed by atoms with Gasteiger partial charge in [-0.25, -0.2) is 0 Å². The van der Waals surface area contributed by atoms with Crippen LogP contribution in [0.25, 0.3) is 0 Å². The first-order valence-corrected chi connectivity index (χ1v) is 7.53. The highest BCUT2D eigenvalue weighted by molar-refractivity contribution is 5.45. The van der Waals surface area contributed by atoms with E-state index >= 15 is 0 Å². The summed E-state index contributed by atoms with van der Waals surface area (Å²) in [6, 6.07) is 19.3. The molecule has 0 bridgehead atoms. The van der Waals surface area contributed by atoms with Gasteiger partial charge >= 0.3 is 0 Å². The van der Waals surface area contributed by atoms with Crippen LogP contribution in [0.2, 0.25) is 0 Å². The highest BCUT2D eigenvalue weighted by Crippen LogP contribution is 2.15. The zero-order valence-electron chi connectivity index (χ0n) is 13.6. The number of anilines is 1. The summed E-state index contributed by atoms with van der Waals surface area (Å²) in [5.41, 5.74) is 4.07. The van der Waals surface area contributed by atoms with Gasteiger partial charge in [0.25, 0.3) is 0 Å². The first kappa shape index (κ1) is 15.6. The lowest BCUT2D eigenvalue weighted by molar-refractivity contribution is 0.424. The Labute approximate surface area is 128 Å². The normalized spacial score (nSPS) is 11.4. The summed E-state index contributed by atoms with van der Waals surface area (Å²) in [7, 11) is 2.13. The van der Waals surface area contributed by atoms with Crippen molar-refractivity contribution in [1.29, 1.82) is 0 Å². The van der Waals surface area contributed by atoms with E-state index in [1.165, 1.54) is 16.8 Å². The van der Waals surface area contributed by atoms with Crippen LogP contribution < -0.4 is 10.2 Å². The molecular formula is C19H26N2. The Morgan fingerprint density at radius 1 is 0.905 bits per heavy atom. The molecule has 0 heterocycles. The Morgan fingerprint density at radius 3 is 2.24 bits per heavy atom. The fraction of sp³-hybridized carbons (Fsp3) is 0.368. The van der Waals surface area contributed by atoms with Gasteiger partial charge in [-0.2, -0.15) is 0 Å². The molecule has 0 aromatic heterocycles. The van der Waals surface area contributed by atoms with Crippen molar-refractivity contribution in [2.75, 3.05) is 11.9 Å². The smallest absolute Gasteiger partial charge is 0.0426 e. The fourth-order valence-corrected chi connectivity index (χ4v) is 2.25. The van der Waals surface area contributed by atoms with Crippen LogP contribution in [0.15, 0.2) is 54.6 Å². The number of hydrogen-bond donors (Lipinski definition) is 1. The number of para-hydroxylation sites is 1. The van der Waals surface area contributed by atoms with Crippen LogP contribution in [-0.2, 0) is 13.1 Å². The van der Waals surface area contributed by atoms with E-state index < -0.39 is 0 Å². The SMILES string of the molecule is CN(Cc1cccc(CNC(C)(C)C)c1)c1ccccc1. The molecule has 0 radical (unpaired) electrons. The minimum absolute atomic E-state index is 0.150. The molecule has 0 amide bonds. The second kappa shape index (κ2) is 6.77. The van der Waals surface area contributed by atoms with Crippen molar-refractivity contribution in [3.63, 3.8) is 0 Å². The zero-order valence-corrected chi connectivity index (χ0v) is 13.6. The summed E-state index contributed by atoms with van der Waals surface area (Å²) < 4.78 is 0. The average molecular weight is 282 g/mol. The van der Waals surface area contributed by atoms with E-state index in [0.717, 1.165) is 13.1 Å². The van der Waals surface area contributed by atoms with Gasteiger partial charge in [-0.15, -0.1) is 0 Å². The third kappa shape index (κ3) is 5.24. The molecule has 0 fully saturated rings. The summed E-state index contributed by atoms with van der Waals surface area (Å²) >= 11 is 0. The predicted molar refractivity (Wildman–Crippen MR) is 91.6 cm³/mol. The van der Waals surface area contributed by atoms with Crippen LogP contribution in [0, 0.1) is 0 Å². The van der Waals surface area contributed by atoms with Gasteiger partial charge < -0.3 is 10.2 Å². The van der Waals surface area contributed by atoms with Gasteiger partial charge in [-0.3, -0.25) is 0 Å². The summed E-state index contributed by atoms with van der Waals surface area (Å²) in [4.78, 5) is 2.27. The molecule has 0 unspecified atom stereocenters. The average Bonchev–Trinajstić information content (AvgIpc) is 2.46. The van der Waals surface area contributed by atoms with E-state index in [2.05, 4.69) is 92.6 Å². The van der Waals surface area contributed by atoms with Gasteiger partial charge in [-0.05, 0) is 44.0 Å². The molecule has 2 heteroatoms. The largest absolute Gasteiger partial charge is 0.370 e. The van der Waals surface area contributed by atoms with Crippen LogP contribution in [0.3, 0.4) is 0 Å². The van der Waals surface area contributed by atoms with E-state index in [-0.39, 0.29) is 5.54 Å². The lowest BCUT2D eigenvalue weighted by atomic mass is 10.1. The van der Waals surface area contributed by atoms with Crippen LogP contribution in [-0.4, -0.2) is 12.6 Å². The van der Waals surface area contributed by atoms with Gasteiger partial charge in [0.05, 0.1) is 0 Å². The molecule has 21 heavy (non-hydrogen) atoms. The van der Waals surface area contributed by atoms with Gasteiger partial charge in [0.15, 0.2) is 0 Å². The summed E-state index contributed by atoms with van der Waals surface area (Å²) in [5, 5.41) is 3.54. The van der Waals surface area contributed by atoms with Crippen LogP contribution in [0.5, 0.6) is 0 Å². The molecule has 0 aliphatic carbocycles. The van der Waals surface area contributed by atoms with E-state index in [0.29, 0.717) is 0 Å². The minimum Gasteiger partial charge on any atom is -0.370 e. The molecular weight excluding hydrogens is 256 g/mol. The van der Waals surface area contributed by atoms with Gasteiger partial charge in [0.1, 0.15) is 0 Å². The van der Waals surface area contributed by atoms with Crippen molar-refractivity contribution in [1.82, 2.24) is 5.32 Å². The van der Waals surface area contributed by atoms with Crippen molar-refractivity contribution in [3.8, 4) is 0 Å². The Balaban J connectivity index is 2.01. The van der Waals surface area contributed by atoms with Gasteiger partial charge in [0, 0.05) is 31.4 Å². The molecule has 2 aromatic rings. The van der Waals surface area contributed by atoms with Crippen LogP contribution in [0.4, 0.5) is 5.69 Å². The van der Waals surface area contributed by atoms with Crippen molar-refractivity contribution in [2.45, 2.75) is 39.4 Å². The molecule has 0 saturated carbocycles. The maximum Gasteiger partial charge on any atom is 0.0426 e. The summed E-state index contributed by atoms with van der Waals surface area (Å²) in [5.74, 6) is 0. The Bertz CT molecular complexity index is 555. The van der Waals surface area contributed by atoms with Gasteiger partial charge in [-0.1, -0.05) is 42.5 Å². The second-order valence-corrected chi connectivity index (χ2v) is 6.62. The minimum atomic E-state index is 0.150. The number of nitrogens with zero attached hydrogens (tertiary/aromatic N) is 1. The van der Waals surface area contributed by atoms with E-state index in [1.54, 1.807) is 0 Å². The molecule has 0 aliphatic heterocycles. The topological polar surface area (TPSA) is 15.3 Å². The van der Waals surface area contributed by atoms with Crippen molar-refractivity contribution >= 4 is 5.69 Å². The van der Waals surface area contributed by atoms with Crippen molar-refractivity contribution in [3.05, 3.63) is 65.7 Å². The molecule has 2 aromatic carbocycles. The van der Waals surface area contributed by atoms with Crippen LogP contribution in [0.1, 0.15) is 31.9 Å². The summed E-state index contributed by atoms with van der Waals surface area (Å²) in [6.07, 6.45) is 0. The number of nitrogens with one attached hydrogen (secondary N) is 1. The lowest BCUT2D eigenvalue weighted by Gasteiger charge is -2.22. The maximum atomic E-state index is 3.54. The predicted octanol–water partition coefficient (Wildman–Crippen LogP) is 4.21. The second-order valence-electron chi connectivity index (χ2n) is 6.62. The van der Waals surface area contributed by atoms with Crippen molar-refractivity contribution < 1.29 is 0 Å². The number of rotatable bonds is 5. The Morgan fingerprint density at radius 2 is 1.57 bits per heavy atom. The molecule has 0 spiro atoms. The Hall–Kier alpha value is -1.80. The molecule has 1 N–H and O–H groups in total. The highest BCUT2D eigenvalue weighted by atomic mass is 15.1. The Kier molecular flexibility index (Phi) is 5.03. The van der Waals surface area contributed by atoms with Crippen LogP contribution >= 0.6 is 0 Å². The third-order valence-corrected chi connectivity index (χ3v) is 3.43. The van der Waals surface area contributed by atoms with E-state index in [9.17, 15) is 0 Å².